The van der Waals surface area contributed by atoms with Crippen molar-refractivity contribution in [2.45, 2.75) is 26.9 Å². The summed E-state index contributed by atoms with van der Waals surface area (Å²) >= 11 is 0. The number of halogens is 1. The van der Waals surface area contributed by atoms with Gasteiger partial charge in [-0.3, -0.25) is 9.48 Å². The highest BCUT2D eigenvalue weighted by Gasteiger charge is 2.37. The zero-order chi connectivity index (χ0) is 19.8. The predicted octanol–water partition coefficient (Wildman–Crippen LogP) is 2.64. The van der Waals surface area contributed by atoms with Crippen molar-refractivity contribution in [3.63, 3.8) is 0 Å². The monoisotopic (exact) mass is 383 g/mol. The lowest BCUT2D eigenvalue weighted by Gasteiger charge is -2.16. The summed E-state index contributed by atoms with van der Waals surface area (Å²) in [6.07, 6.45) is 3.10. The maximum absolute atomic E-state index is 13.4. The number of hydrogen-bond acceptors (Lipinski definition) is 5. The second kappa shape index (κ2) is 6.91. The van der Waals surface area contributed by atoms with E-state index in [2.05, 4.69) is 10.3 Å². The van der Waals surface area contributed by atoms with Crippen LogP contribution in [0.3, 0.4) is 0 Å². The molecule has 0 spiro atoms. The number of aromatic nitrogens is 3. The molecule has 1 aromatic carbocycles. The van der Waals surface area contributed by atoms with E-state index >= 15 is 0 Å². The third-order valence-corrected chi connectivity index (χ3v) is 4.68. The van der Waals surface area contributed by atoms with Gasteiger partial charge in [-0.2, -0.15) is 5.10 Å². The third kappa shape index (κ3) is 3.26. The fourth-order valence-corrected chi connectivity index (χ4v) is 3.23. The van der Waals surface area contributed by atoms with Crippen molar-refractivity contribution in [1.82, 2.24) is 19.8 Å². The molecule has 9 heteroatoms. The normalized spacial score (nSPS) is 14.4. The molecular weight excluding hydrogens is 365 g/mol. The van der Waals surface area contributed by atoms with Crippen LogP contribution in [-0.4, -0.2) is 38.3 Å². The molecule has 1 saturated heterocycles. The van der Waals surface area contributed by atoms with Crippen LogP contribution in [0.2, 0.25) is 0 Å². The van der Waals surface area contributed by atoms with Crippen molar-refractivity contribution in [2.75, 3.05) is 11.4 Å². The summed E-state index contributed by atoms with van der Waals surface area (Å²) in [6.45, 7) is 4.17. The van der Waals surface area contributed by atoms with Crippen molar-refractivity contribution in [3.05, 3.63) is 65.1 Å². The first kappa shape index (κ1) is 17.9. The van der Waals surface area contributed by atoms with Crippen LogP contribution in [-0.2, 0) is 17.9 Å². The summed E-state index contributed by atoms with van der Waals surface area (Å²) in [6, 6.07) is 5.52. The van der Waals surface area contributed by atoms with E-state index in [4.69, 9.17) is 4.52 Å². The van der Waals surface area contributed by atoms with E-state index in [1.807, 2.05) is 13.8 Å². The van der Waals surface area contributed by atoms with Crippen LogP contribution in [0, 0.1) is 19.7 Å². The molecule has 3 aromatic rings. The van der Waals surface area contributed by atoms with Crippen molar-refractivity contribution < 1.29 is 18.5 Å². The molecule has 3 heterocycles. The fraction of sp³-hybridized carbons (Fsp3) is 0.263. The summed E-state index contributed by atoms with van der Waals surface area (Å²) in [5, 5.41) is 8.15. The highest BCUT2D eigenvalue weighted by Crippen LogP contribution is 2.23. The molecule has 8 nitrogen and oxygen atoms in total. The van der Waals surface area contributed by atoms with Gasteiger partial charge in [0.1, 0.15) is 18.1 Å². The smallest absolute Gasteiger partial charge is 0.332 e. The van der Waals surface area contributed by atoms with Crippen LogP contribution >= 0.6 is 0 Å². The number of nitrogens with zero attached hydrogens (tertiary/aromatic N) is 5. The lowest BCUT2D eigenvalue weighted by molar-refractivity contribution is -0.116. The van der Waals surface area contributed by atoms with Crippen LogP contribution < -0.4 is 4.90 Å². The topological polar surface area (TPSA) is 84.5 Å². The Hall–Kier alpha value is -3.49. The molecule has 1 fully saturated rings. The van der Waals surface area contributed by atoms with Crippen molar-refractivity contribution in [3.8, 4) is 0 Å². The average molecular weight is 383 g/mol. The number of amides is 3. The van der Waals surface area contributed by atoms with Gasteiger partial charge in [0, 0.05) is 18.3 Å². The van der Waals surface area contributed by atoms with E-state index in [0.717, 1.165) is 16.2 Å². The van der Waals surface area contributed by atoms with Crippen LogP contribution in [0.25, 0.3) is 0 Å². The van der Waals surface area contributed by atoms with Crippen molar-refractivity contribution >= 4 is 17.6 Å². The molecule has 1 aliphatic heterocycles. The molecule has 144 valence electrons. The minimum Gasteiger partial charge on any atom is -0.361 e. The first-order valence-corrected chi connectivity index (χ1v) is 8.73. The van der Waals surface area contributed by atoms with Gasteiger partial charge >= 0.3 is 6.03 Å². The summed E-state index contributed by atoms with van der Waals surface area (Å²) in [4.78, 5) is 27.6. The molecular formula is C19H18FN5O3. The van der Waals surface area contributed by atoms with E-state index in [-0.39, 0.29) is 24.8 Å². The number of aryl methyl sites for hydroxylation is 2. The zero-order valence-electron chi connectivity index (χ0n) is 15.4. The highest BCUT2D eigenvalue weighted by molar-refractivity contribution is 6.19. The first-order valence-electron chi connectivity index (χ1n) is 8.73. The number of carbonyl (C=O) groups excluding carboxylic acids is 2. The summed E-state index contributed by atoms with van der Waals surface area (Å²) in [5.41, 5.74) is 2.69. The minimum atomic E-state index is -0.453. The summed E-state index contributed by atoms with van der Waals surface area (Å²) < 4.78 is 20.1. The number of benzene rings is 1. The van der Waals surface area contributed by atoms with Crippen LogP contribution in [0.1, 0.15) is 22.6 Å². The number of rotatable bonds is 5. The standard InChI is InChI=1S/C19H18FN5O3/c1-12-17(13(2)28-22-12)10-24-9-16(7-21-24)25-18(26)11-23(19(25)27)8-14-4-3-5-15(20)6-14/h3-7,9H,8,10-11H2,1-2H3. The van der Waals surface area contributed by atoms with E-state index in [0.29, 0.717) is 23.6 Å². The van der Waals surface area contributed by atoms with Gasteiger partial charge < -0.3 is 9.42 Å². The van der Waals surface area contributed by atoms with Crippen LogP contribution in [0.5, 0.6) is 0 Å². The van der Waals surface area contributed by atoms with Crippen LogP contribution in [0.4, 0.5) is 14.9 Å². The molecule has 2 aromatic heterocycles. The molecule has 0 atom stereocenters. The Kier molecular flexibility index (Phi) is 4.42. The van der Waals surface area contributed by atoms with E-state index < -0.39 is 6.03 Å². The Morgan fingerprint density at radius 1 is 1.21 bits per heavy atom. The SMILES string of the molecule is Cc1noc(C)c1Cn1cc(N2C(=O)CN(Cc3cccc(F)c3)C2=O)cn1. The third-order valence-electron chi connectivity index (χ3n) is 4.68. The van der Waals surface area contributed by atoms with Crippen molar-refractivity contribution in [2.24, 2.45) is 0 Å². The number of urea groups is 1. The van der Waals surface area contributed by atoms with E-state index in [9.17, 15) is 14.0 Å². The van der Waals surface area contributed by atoms with Gasteiger partial charge in [-0.25, -0.2) is 14.1 Å². The van der Waals surface area contributed by atoms with Gasteiger partial charge in [-0.15, -0.1) is 0 Å². The molecule has 0 unspecified atom stereocenters. The fourth-order valence-electron chi connectivity index (χ4n) is 3.23. The molecule has 4 rings (SSSR count). The Morgan fingerprint density at radius 3 is 2.75 bits per heavy atom. The number of hydrogen-bond donors (Lipinski definition) is 0. The second-order valence-electron chi connectivity index (χ2n) is 6.70. The maximum atomic E-state index is 13.4. The van der Waals surface area contributed by atoms with Crippen molar-refractivity contribution in [1.29, 1.82) is 0 Å². The lowest BCUT2D eigenvalue weighted by atomic mass is 10.2. The van der Waals surface area contributed by atoms with Gasteiger partial charge in [-0.05, 0) is 31.5 Å². The quantitative estimate of drug-likeness (QED) is 0.633. The number of carbonyl (C=O) groups is 2. The summed E-state index contributed by atoms with van der Waals surface area (Å²) in [5.74, 6) is -0.0321. The molecule has 1 aliphatic rings. The van der Waals surface area contributed by atoms with E-state index in [1.54, 1.807) is 23.0 Å². The van der Waals surface area contributed by atoms with Gasteiger partial charge in [-0.1, -0.05) is 17.3 Å². The van der Waals surface area contributed by atoms with Crippen LogP contribution in [0.15, 0.2) is 41.2 Å². The molecule has 0 radical (unpaired) electrons. The van der Waals surface area contributed by atoms with Gasteiger partial charge in [0.25, 0.3) is 5.91 Å². The highest BCUT2D eigenvalue weighted by atomic mass is 19.1. The average Bonchev–Trinajstić information content (AvgIpc) is 3.30. The predicted molar refractivity (Wildman–Crippen MR) is 97.0 cm³/mol. The Labute approximate surface area is 160 Å². The molecule has 3 amide bonds. The first-order chi connectivity index (χ1) is 13.4. The zero-order valence-corrected chi connectivity index (χ0v) is 15.4. The minimum absolute atomic E-state index is 0.0651. The number of anilines is 1. The van der Waals surface area contributed by atoms with E-state index in [1.165, 1.54) is 23.2 Å². The molecule has 0 N–H and O–H groups in total. The molecule has 0 aliphatic carbocycles. The molecule has 28 heavy (non-hydrogen) atoms. The maximum Gasteiger partial charge on any atom is 0.332 e. The Morgan fingerprint density at radius 2 is 2.04 bits per heavy atom. The van der Waals surface area contributed by atoms with Gasteiger partial charge in [0.05, 0.1) is 24.1 Å². The summed E-state index contributed by atoms with van der Waals surface area (Å²) in [7, 11) is 0. The number of imide groups is 1. The second-order valence-corrected chi connectivity index (χ2v) is 6.70. The lowest BCUT2D eigenvalue weighted by Crippen LogP contribution is -2.32. The molecule has 0 bridgehead atoms. The molecule has 0 saturated carbocycles. The van der Waals surface area contributed by atoms with Gasteiger partial charge in [0.15, 0.2) is 0 Å². The largest absolute Gasteiger partial charge is 0.361 e. The Balaban J connectivity index is 1.51. The Bertz CT molecular complexity index is 1040. The van der Waals surface area contributed by atoms with Gasteiger partial charge in [0.2, 0.25) is 0 Å².